The maximum Gasteiger partial charge on any atom is 0.166 e. The van der Waals surface area contributed by atoms with Crippen LogP contribution in [-0.4, -0.2) is 12.1 Å². The Morgan fingerprint density at radius 3 is 2.29 bits per heavy atom. The third kappa shape index (κ3) is 5.57. The maximum absolute atomic E-state index is 6.15. The van der Waals surface area contributed by atoms with Gasteiger partial charge in [0.15, 0.2) is 11.5 Å². The van der Waals surface area contributed by atoms with Crippen LogP contribution in [0, 0.1) is 6.92 Å². The average molecular weight is 327 g/mol. The number of nitrogens with one attached hydrogen (secondary N) is 1. The first-order valence-corrected chi connectivity index (χ1v) is 8.57. The van der Waals surface area contributed by atoms with Gasteiger partial charge in [-0.2, -0.15) is 0 Å². The highest BCUT2D eigenvalue weighted by Gasteiger charge is 2.14. The van der Waals surface area contributed by atoms with Crippen molar-refractivity contribution in [3.05, 3.63) is 59.2 Å². The number of aryl methyl sites for hydroxylation is 1. The molecule has 0 bridgehead atoms. The zero-order chi connectivity index (χ0) is 17.6. The van der Waals surface area contributed by atoms with Gasteiger partial charge in [-0.3, -0.25) is 0 Å². The van der Waals surface area contributed by atoms with Gasteiger partial charge in [-0.15, -0.1) is 0 Å². The van der Waals surface area contributed by atoms with Crippen LogP contribution in [0.1, 0.15) is 44.4 Å². The van der Waals surface area contributed by atoms with E-state index in [1.54, 1.807) is 0 Å². The van der Waals surface area contributed by atoms with Crippen LogP contribution in [0.25, 0.3) is 0 Å². The molecular weight excluding hydrogens is 298 g/mol. The molecule has 0 aliphatic heterocycles. The Morgan fingerprint density at radius 1 is 0.958 bits per heavy atom. The summed E-state index contributed by atoms with van der Waals surface area (Å²) in [5.41, 5.74) is 3.57. The topological polar surface area (TPSA) is 30.5 Å². The van der Waals surface area contributed by atoms with E-state index in [0.29, 0.717) is 13.2 Å². The Morgan fingerprint density at radius 2 is 1.67 bits per heavy atom. The number of hydrogen-bond acceptors (Lipinski definition) is 3. The molecule has 0 aromatic heterocycles. The first-order chi connectivity index (χ1) is 11.4. The molecule has 0 fully saturated rings. The van der Waals surface area contributed by atoms with E-state index in [9.17, 15) is 0 Å². The van der Waals surface area contributed by atoms with Crippen LogP contribution in [0.5, 0.6) is 11.5 Å². The van der Waals surface area contributed by atoms with Crippen molar-refractivity contribution in [1.29, 1.82) is 0 Å². The quantitative estimate of drug-likeness (QED) is 0.787. The maximum atomic E-state index is 6.15. The molecule has 2 aromatic rings. The van der Waals surface area contributed by atoms with Gasteiger partial charge < -0.3 is 14.8 Å². The Kier molecular flexibility index (Phi) is 6.27. The van der Waals surface area contributed by atoms with Crippen molar-refractivity contribution < 1.29 is 9.47 Å². The van der Waals surface area contributed by atoms with E-state index in [4.69, 9.17) is 9.47 Å². The van der Waals surface area contributed by atoms with Gasteiger partial charge in [0.1, 0.15) is 6.61 Å². The van der Waals surface area contributed by atoms with E-state index in [2.05, 4.69) is 63.3 Å². The second-order valence-electron chi connectivity index (χ2n) is 7.06. The highest BCUT2D eigenvalue weighted by molar-refractivity contribution is 5.47. The summed E-state index contributed by atoms with van der Waals surface area (Å²) in [6.07, 6.45) is 0. The Balaban J connectivity index is 2.18. The Labute approximate surface area is 146 Å². The van der Waals surface area contributed by atoms with Gasteiger partial charge in [-0.1, -0.05) is 42.0 Å². The van der Waals surface area contributed by atoms with Crippen molar-refractivity contribution in [3.63, 3.8) is 0 Å². The molecule has 0 saturated carbocycles. The van der Waals surface area contributed by atoms with Crippen LogP contribution in [-0.2, 0) is 13.2 Å². The molecule has 1 N–H and O–H groups in total. The summed E-state index contributed by atoms with van der Waals surface area (Å²) in [6, 6.07) is 14.5. The van der Waals surface area contributed by atoms with Crippen LogP contribution in [0.4, 0.5) is 0 Å². The van der Waals surface area contributed by atoms with Crippen molar-refractivity contribution in [2.24, 2.45) is 0 Å². The molecule has 0 spiro atoms. The fourth-order valence-electron chi connectivity index (χ4n) is 2.33. The summed E-state index contributed by atoms with van der Waals surface area (Å²) < 4.78 is 11.9. The van der Waals surface area contributed by atoms with E-state index in [0.717, 1.165) is 29.2 Å². The molecule has 2 aromatic carbocycles. The van der Waals surface area contributed by atoms with E-state index in [1.807, 2.05) is 19.1 Å². The first-order valence-electron chi connectivity index (χ1n) is 8.57. The number of para-hydroxylation sites is 1. The van der Waals surface area contributed by atoms with E-state index in [1.165, 1.54) is 5.56 Å². The lowest BCUT2D eigenvalue weighted by Crippen LogP contribution is -2.35. The number of rotatable bonds is 7. The predicted octanol–water partition coefficient (Wildman–Crippen LogP) is 4.86. The molecule has 0 saturated heterocycles. The van der Waals surface area contributed by atoms with Gasteiger partial charge in [0, 0.05) is 17.6 Å². The Hall–Kier alpha value is -2.00. The van der Waals surface area contributed by atoms with Gasteiger partial charge in [0.2, 0.25) is 0 Å². The summed E-state index contributed by atoms with van der Waals surface area (Å²) in [6.45, 7) is 12.5. The third-order valence-electron chi connectivity index (χ3n) is 3.67. The van der Waals surface area contributed by atoms with Gasteiger partial charge in [0.25, 0.3) is 0 Å². The standard InChI is InChI=1S/C21H29NO2/c1-6-23-19-9-7-8-18(14-22-21(3,4)5)20(19)24-15-17-12-10-16(2)11-13-17/h7-13,22H,6,14-15H2,1-5H3. The van der Waals surface area contributed by atoms with E-state index >= 15 is 0 Å². The smallest absolute Gasteiger partial charge is 0.166 e. The minimum absolute atomic E-state index is 0.0514. The fourth-order valence-corrected chi connectivity index (χ4v) is 2.33. The molecule has 0 heterocycles. The van der Waals surface area contributed by atoms with Crippen molar-refractivity contribution in [2.45, 2.75) is 53.3 Å². The zero-order valence-corrected chi connectivity index (χ0v) is 15.5. The molecule has 3 heteroatoms. The molecule has 0 aliphatic rings. The average Bonchev–Trinajstić information content (AvgIpc) is 2.53. The molecule has 2 rings (SSSR count). The molecular formula is C21H29NO2. The van der Waals surface area contributed by atoms with Crippen LogP contribution in [0.2, 0.25) is 0 Å². The van der Waals surface area contributed by atoms with Crippen molar-refractivity contribution in [3.8, 4) is 11.5 Å². The van der Waals surface area contributed by atoms with Crippen molar-refractivity contribution in [2.75, 3.05) is 6.61 Å². The SMILES string of the molecule is CCOc1cccc(CNC(C)(C)C)c1OCc1ccc(C)cc1. The molecule has 130 valence electrons. The second kappa shape index (κ2) is 8.20. The minimum Gasteiger partial charge on any atom is -0.490 e. The van der Waals surface area contributed by atoms with E-state index in [-0.39, 0.29) is 5.54 Å². The van der Waals surface area contributed by atoms with Gasteiger partial charge in [-0.25, -0.2) is 0 Å². The highest BCUT2D eigenvalue weighted by atomic mass is 16.5. The molecule has 0 atom stereocenters. The first kappa shape index (κ1) is 18.3. The summed E-state index contributed by atoms with van der Waals surface area (Å²) >= 11 is 0. The summed E-state index contributed by atoms with van der Waals surface area (Å²) in [7, 11) is 0. The van der Waals surface area contributed by atoms with Crippen LogP contribution in [0.3, 0.4) is 0 Å². The van der Waals surface area contributed by atoms with Gasteiger partial charge in [0.05, 0.1) is 6.61 Å². The molecule has 3 nitrogen and oxygen atoms in total. The zero-order valence-electron chi connectivity index (χ0n) is 15.5. The number of ether oxygens (including phenoxy) is 2. The molecule has 0 radical (unpaired) electrons. The predicted molar refractivity (Wildman–Crippen MR) is 99.7 cm³/mol. The summed E-state index contributed by atoms with van der Waals surface area (Å²) in [5, 5.41) is 3.52. The molecule has 0 unspecified atom stereocenters. The lowest BCUT2D eigenvalue weighted by Gasteiger charge is -2.22. The van der Waals surface area contributed by atoms with Crippen LogP contribution >= 0.6 is 0 Å². The lowest BCUT2D eigenvalue weighted by molar-refractivity contribution is 0.265. The normalized spacial score (nSPS) is 11.4. The minimum atomic E-state index is 0.0514. The van der Waals surface area contributed by atoms with Crippen molar-refractivity contribution >= 4 is 0 Å². The second-order valence-corrected chi connectivity index (χ2v) is 7.06. The van der Waals surface area contributed by atoms with Crippen LogP contribution < -0.4 is 14.8 Å². The monoisotopic (exact) mass is 327 g/mol. The van der Waals surface area contributed by atoms with Crippen molar-refractivity contribution in [1.82, 2.24) is 5.32 Å². The molecule has 0 aliphatic carbocycles. The Bertz CT molecular complexity index is 642. The van der Waals surface area contributed by atoms with E-state index < -0.39 is 0 Å². The van der Waals surface area contributed by atoms with Gasteiger partial charge >= 0.3 is 0 Å². The van der Waals surface area contributed by atoms with Gasteiger partial charge in [-0.05, 0) is 46.2 Å². The highest BCUT2D eigenvalue weighted by Crippen LogP contribution is 2.32. The lowest BCUT2D eigenvalue weighted by atomic mass is 10.1. The summed E-state index contributed by atoms with van der Waals surface area (Å²) in [5.74, 6) is 1.63. The molecule has 24 heavy (non-hydrogen) atoms. The number of hydrogen-bond donors (Lipinski definition) is 1. The fraction of sp³-hybridized carbons (Fsp3) is 0.429. The largest absolute Gasteiger partial charge is 0.490 e. The number of benzene rings is 2. The molecule has 0 amide bonds. The summed E-state index contributed by atoms with van der Waals surface area (Å²) in [4.78, 5) is 0. The van der Waals surface area contributed by atoms with Crippen LogP contribution in [0.15, 0.2) is 42.5 Å². The third-order valence-corrected chi connectivity index (χ3v) is 3.67.